The van der Waals surface area contributed by atoms with Crippen LogP contribution in [0.4, 0.5) is 10.1 Å². The zero-order valence-electron chi connectivity index (χ0n) is 16.4. The lowest BCUT2D eigenvalue weighted by molar-refractivity contribution is -0.117. The zero-order valence-corrected chi connectivity index (χ0v) is 16.4. The van der Waals surface area contributed by atoms with Crippen LogP contribution in [0.2, 0.25) is 0 Å². The maximum atomic E-state index is 13.4. The molecule has 2 amide bonds. The number of amides is 2. The fourth-order valence-corrected chi connectivity index (χ4v) is 5.39. The minimum atomic E-state index is -0.208. The molecule has 5 heteroatoms. The fourth-order valence-electron chi connectivity index (χ4n) is 5.39. The maximum absolute atomic E-state index is 13.4. The topological polar surface area (TPSA) is 40.6 Å². The Labute approximate surface area is 170 Å². The van der Waals surface area contributed by atoms with Crippen molar-refractivity contribution >= 4 is 17.5 Å². The summed E-state index contributed by atoms with van der Waals surface area (Å²) in [6.45, 7) is 0.727. The number of carbonyl (C=O) groups is 2. The van der Waals surface area contributed by atoms with Crippen LogP contribution >= 0.6 is 0 Å². The predicted molar refractivity (Wildman–Crippen MR) is 109 cm³/mol. The van der Waals surface area contributed by atoms with Gasteiger partial charge >= 0.3 is 0 Å². The molecule has 2 aromatic rings. The molecular formula is C24H25FN2O2. The Morgan fingerprint density at radius 2 is 1.72 bits per heavy atom. The molecule has 2 bridgehead atoms. The van der Waals surface area contributed by atoms with E-state index in [0.29, 0.717) is 17.9 Å². The van der Waals surface area contributed by atoms with E-state index in [1.54, 1.807) is 4.90 Å². The van der Waals surface area contributed by atoms with Gasteiger partial charge in [0.15, 0.2) is 0 Å². The predicted octanol–water partition coefficient (Wildman–Crippen LogP) is 4.50. The smallest absolute Gasteiger partial charge is 0.254 e. The van der Waals surface area contributed by atoms with Crippen molar-refractivity contribution in [2.24, 2.45) is 0 Å². The van der Waals surface area contributed by atoms with Crippen molar-refractivity contribution in [1.29, 1.82) is 0 Å². The van der Waals surface area contributed by atoms with Gasteiger partial charge in [0.1, 0.15) is 5.82 Å². The van der Waals surface area contributed by atoms with Crippen LogP contribution in [0.3, 0.4) is 0 Å². The van der Waals surface area contributed by atoms with Crippen molar-refractivity contribution in [3.63, 3.8) is 0 Å². The Balaban J connectivity index is 1.35. The van der Waals surface area contributed by atoms with Crippen molar-refractivity contribution in [3.05, 3.63) is 65.5 Å². The van der Waals surface area contributed by atoms with Crippen LogP contribution in [-0.4, -0.2) is 35.3 Å². The molecule has 0 unspecified atom stereocenters. The zero-order chi connectivity index (χ0) is 20.0. The summed E-state index contributed by atoms with van der Waals surface area (Å²) in [6, 6.07) is 14.8. The second-order valence-electron chi connectivity index (χ2n) is 8.52. The monoisotopic (exact) mass is 392 g/mol. The number of nitrogens with zero attached hydrogens (tertiary/aromatic N) is 2. The average molecular weight is 392 g/mol. The molecule has 0 aliphatic carbocycles. The van der Waals surface area contributed by atoms with Gasteiger partial charge in [-0.25, -0.2) is 4.39 Å². The van der Waals surface area contributed by atoms with E-state index < -0.39 is 0 Å². The molecule has 3 aliphatic rings. The molecule has 0 aromatic heterocycles. The van der Waals surface area contributed by atoms with E-state index in [1.807, 2.05) is 36.4 Å². The summed E-state index contributed by atoms with van der Waals surface area (Å²) in [5.74, 6) is 0.379. The molecular weight excluding hydrogens is 367 g/mol. The van der Waals surface area contributed by atoms with Gasteiger partial charge in [-0.05, 0) is 73.9 Å². The second kappa shape index (κ2) is 7.29. The lowest BCUT2D eigenvalue weighted by Gasteiger charge is -2.39. The molecule has 0 N–H and O–H groups in total. The van der Waals surface area contributed by atoms with Crippen LogP contribution in [0.15, 0.2) is 48.5 Å². The van der Waals surface area contributed by atoms with Gasteiger partial charge in [0, 0.05) is 36.3 Å². The normalized spacial score (nSPS) is 26.2. The third-order valence-corrected chi connectivity index (χ3v) is 6.79. The molecule has 3 aliphatic heterocycles. The molecule has 3 heterocycles. The van der Waals surface area contributed by atoms with Crippen LogP contribution in [0.5, 0.6) is 0 Å². The molecule has 0 saturated carbocycles. The van der Waals surface area contributed by atoms with Gasteiger partial charge in [-0.3, -0.25) is 9.59 Å². The van der Waals surface area contributed by atoms with E-state index >= 15 is 0 Å². The second-order valence-corrected chi connectivity index (χ2v) is 8.52. The SMILES string of the molecule is O=C1CCCN1c1cccc(C(=O)N2[C@@H]3CC[C@H]2C[C@@H](c2ccc(F)cc2)C3)c1. The molecule has 3 fully saturated rings. The highest BCUT2D eigenvalue weighted by Gasteiger charge is 2.43. The standard InChI is InChI=1S/C24H25FN2O2/c25-19-8-6-16(7-9-19)18-14-21-10-11-22(15-18)27(21)24(29)17-3-1-4-20(13-17)26-12-2-5-23(26)28/h1,3-4,6-9,13,18,21-22H,2,5,10-12,14-15H2/t18-,21+,22-. The van der Waals surface area contributed by atoms with Crippen LogP contribution < -0.4 is 4.90 Å². The van der Waals surface area contributed by atoms with Gasteiger partial charge in [-0.15, -0.1) is 0 Å². The molecule has 150 valence electrons. The van der Waals surface area contributed by atoms with Gasteiger partial charge in [0.25, 0.3) is 5.91 Å². The number of hydrogen-bond donors (Lipinski definition) is 0. The number of halogens is 1. The van der Waals surface area contributed by atoms with E-state index in [9.17, 15) is 14.0 Å². The molecule has 0 radical (unpaired) electrons. The summed E-state index contributed by atoms with van der Waals surface area (Å²) < 4.78 is 13.3. The van der Waals surface area contributed by atoms with E-state index in [0.717, 1.165) is 44.3 Å². The average Bonchev–Trinajstić information content (AvgIpc) is 3.28. The first-order valence-corrected chi connectivity index (χ1v) is 10.6. The Kier molecular flexibility index (Phi) is 4.61. The molecule has 4 nitrogen and oxygen atoms in total. The van der Waals surface area contributed by atoms with Crippen LogP contribution in [0, 0.1) is 5.82 Å². The van der Waals surface area contributed by atoms with E-state index in [1.165, 1.54) is 17.7 Å². The van der Waals surface area contributed by atoms with Crippen molar-refractivity contribution in [2.45, 2.75) is 56.5 Å². The fraction of sp³-hybridized carbons (Fsp3) is 0.417. The maximum Gasteiger partial charge on any atom is 0.254 e. The van der Waals surface area contributed by atoms with Crippen molar-refractivity contribution in [2.75, 3.05) is 11.4 Å². The van der Waals surface area contributed by atoms with Crippen molar-refractivity contribution in [1.82, 2.24) is 4.90 Å². The minimum absolute atomic E-state index is 0.0727. The molecule has 3 atom stereocenters. The number of fused-ring (bicyclic) bond motifs is 2. The van der Waals surface area contributed by atoms with Crippen LogP contribution in [-0.2, 0) is 4.79 Å². The van der Waals surface area contributed by atoms with Crippen LogP contribution in [0.1, 0.15) is 60.4 Å². The number of rotatable bonds is 3. The number of hydrogen-bond acceptors (Lipinski definition) is 2. The van der Waals surface area contributed by atoms with Crippen molar-refractivity contribution in [3.8, 4) is 0 Å². The quantitative estimate of drug-likeness (QED) is 0.771. The Morgan fingerprint density at radius 1 is 1.00 bits per heavy atom. The summed E-state index contributed by atoms with van der Waals surface area (Å²) >= 11 is 0. The van der Waals surface area contributed by atoms with E-state index in [4.69, 9.17) is 0 Å². The lowest BCUT2D eigenvalue weighted by Crippen LogP contribution is -2.46. The lowest BCUT2D eigenvalue weighted by atomic mass is 9.85. The first-order valence-electron chi connectivity index (χ1n) is 10.6. The first-order chi connectivity index (χ1) is 14.1. The van der Waals surface area contributed by atoms with E-state index in [-0.39, 0.29) is 29.7 Å². The minimum Gasteiger partial charge on any atom is -0.333 e. The Bertz CT molecular complexity index is 928. The highest BCUT2D eigenvalue weighted by molar-refractivity contribution is 5.99. The molecule has 0 spiro atoms. The largest absolute Gasteiger partial charge is 0.333 e. The number of carbonyl (C=O) groups excluding carboxylic acids is 2. The summed E-state index contributed by atoms with van der Waals surface area (Å²) in [5.41, 5.74) is 2.66. The number of piperidine rings is 1. The van der Waals surface area contributed by atoms with Gasteiger partial charge in [-0.2, -0.15) is 0 Å². The summed E-state index contributed by atoms with van der Waals surface area (Å²) in [4.78, 5) is 29.3. The van der Waals surface area contributed by atoms with Gasteiger partial charge in [0.05, 0.1) is 0 Å². The highest BCUT2D eigenvalue weighted by Crippen LogP contribution is 2.43. The van der Waals surface area contributed by atoms with Gasteiger partial charge in [0.2, 0.25) is 5.91 Å². The molecule has 29 heavy (non-hydrogen) atoms. The van der Waals surface area contributed by atoms with Gasteiger partial charge < -0.3 is 9.80 Å². The van der Waals surface area contributed by atoms with E-state index in [2.05, 4.69) is 4.90 Å². The summed E-state index contributed by atoms with van der Waals surface area (Å²) in [5, 5.41) is 0. The van der Waals surface area contributed by atoms with Crippen LogP contribution in [0.25, 0.3) is 0 Å². The Morgan fingerprint density at radius 3 is 2.38 bits per heavy atom. The number of anilines is 1. The molecule has 3 saturated heterocycles. The first kappa shape index (κ1) is 18.3. The van der Waals surface area contributed by atoms with Gasteiger partial charge in [-0.1, -0.05) is 18.2 Å². The third-order valence-electron chi connectivity index (χ3n) is 6.79. The molecule has 2 aromatic carbocycles. The molecule has 5 rings (SSSR count). The number of benzene rings is 2. The summed E-state index contributed by atoms with van der Waals surface area (Å²) in [7, 11) is 0. The summed E-state index contributed by atoms with van der Waals surface area (Å²) in [6.07, 6.45) is 5.37. The Hall–Kier alpha value is -2.69. The highest BCUT2D eigenvalue weighted by atomic mass is 19.1. The van der Waals surface area contributed by atoms with Crippen molar-refractivity contribution < 1.29 is 14.0 Å². The third kappa shape index (κ3) is 3.33.